The average Bonchev–Trinajstić information content (AvgIpc) is 3.23. The maximum atomic E-state index is 11.7. The minimum absolute atomic E-state index is 0.179. The van der Waals surface area contributed by atoms with Crippen LogP contribution in [0.4, 0.5) is 0 Å². The molecule has 0 aliphatic heterocycles. The molecule has 3 aromatic rings. The lowest BCUT2D eigenvalue weighted by atomic mass is 10.2. The molecule has 6 nitrogen and oxygen atoms in total. The monoisotopic (exact) mass is 460 g/mol. The van der Waals surface area contributed by atoms with Gasteiger partial charge in [0.15, 0.2) is 0 Å². The topological polar surface area (TPSA) is 74.5 Å². The summed E-state index contributed by atoms with van der Waals surface area (Å²) in [6.07, 6.45) is 1.04. The third-order valence-corrected chi connectivity index (χ3v) is 5.29. The van der Waals surface area contributed by atoms with Gasteiger partial charge in [-0.05, 0) is 36.1 Å². The molecule has 2 aromatic carbocycles. The molecular weight excluding hydrogens is 436 g/mol. The number of carbonyl (C=O) groups is 1. The van der Waals surface area contributed by atoms with Crippen molar-refractivity contribution in [2.24, 2.45) is 5.92 Å². The van der Waals surface area contributed by atoms with Crippen molar-refractivity contribution in [3.8, 4) is 17.2 Å². The summed E-state index contributed by atoms with van der Waals surface area (Å²) in [5, 5.41) is 9.23. The Morgan fingerprint density at radius 2 is 1.97 bits per heavy atom. The van der Waals surface area contributed by atoms with Crippen molar-refractivity contribution in [3.63, 3.8) is 0 Å². The van der Waals surface area contributed by atoms with E-state index in [-0.39, 0.29) is 5.97 Å². The van der Waals surface area contributed by atoms with Crippen LogP contribution in [0.1, 0.15) is 32.3 Å². The van der Waals surface area contributed by atoms with Gasteiger partial charge in [0, 0.05) is 17.2 Å². The molecule has 0 N–H and O–H groups in total. The zero-order chi connectivity index (χ0) is 22.1. The molecule has 8 heteroatoms. The first-order valence-electron chi connectivity index (χ1n) is 10.1. The Hall–Kier alpha value is -2.51. The summed E-state index contributed by atoms with van der Waals surface area (Å²) in [6.45, 7) is 4.87. The van der Waals surface area contributed by atoms with Crippen LogP contribution in [0.5, 0.6) is 5.75 Å². The Labute approximate surface area is 191 Å². The Morgan fingerprint density at radius 3 is 2.74 bits per heavy atom. The van der Waals surface area contributed by atoms with E-state index in [1.54, 1.807) is 18.2 Å². The van der Waals surface area contributed by atoms with Gasteiger partial charge in [-0.1, -0.05) is 67.5 Å². The summed E-state index contributed by atoms with van der Waals surface area (Å²) in [7, 11) is 0. The van der Waals surface area contributed by atoms with Gasteiger partial charge in [0.1, 0.15) is 12.4 Å². The summed E-state index contributed by atoms with van der Waals surface area (Å²) in [6, 6.07) is 15.2. The molecule has 0 saturated heterocycles. The minimum Gasteiger partial charge on any atom is -0.488 e. The molecule has 1 heterocycles. The molecular formula is C23H25ClN2O4S. The first kappa shape index (κ1) is 23.2. The van der Waals surface area contributed by atoms with Crippen LogP contribution in [0.3, 0.4) is 0 Å². The molecule has 0 bridgehead atoms. The molecule has 0 fully saturated rings. The summed E-state index contributed by atoms with van der Waals surface area (Å²) in [4.78, 5) is 11.7. The number of hydrogen-bond donors (Lipinski definition) is 0. The minimum atomic E-state index is -0.179. The largest absolute Gasteiger partial charge is 0.488 e. The predicted molar refractivity (Wildman–Crippen MR) is 121 cm³/mol. The van der Waals surface area contributed by atoms with Crippen LogP contribution >= 0.6 is 23.4 Å². The van der Waals surface area contributed by atoms with Gasteiger partial charge in [0.2, 0.25) is 0 Å². The number of hydrogen-bond acceptors (Lipinski definition) is 7. The van der Waals surface area contributed by atoms with E-state index in [9.17, 15) is 4.79 Å². The third kappa shape index (κ3) is 7.60. The standard InChI is InChI=1S/C23H25ClN2O4S/c1-16(2)14-29-21(27)9-6-12-31-23-26-25-22(30-23)19-11-10-18(24)13-20(19)28-15-17-7-4-3-5-8-17/h3-5,7-8,10-11,13,16H,6,9,12,14-15H2,1-2H3. The summed E-state index contributed by atoms with van der Waals surface area (Å²) in [5.41, 5.74) is 1.72. The number of thioether (sulfide) groups is 1. The van der Waals surface area contributed by atoms with Gasteiger partial charge in [0.05, 0.1) is 12.2 Å². The molecule has 31 heavy (non-hydrogen) atoms. The van der Waals surface area contributed by atoms with Crippen LogP contribution < -0.4 is 4.74 Å². The lowest BCUT2D eigenvalue weighted by molar-refractivity contribution is -0.144. The number of esters is 1. The Bertz CT molecular complexity index is 979. The van der Waals surface area contributed by atoms with E-state index in [1.165, 1.54) is 11.8 Å². The van der Waals surface area contributed by atoms with Gasteiger partial charge in [-0.25, -0.2) is 0 Å². The number of halogens is 1. The highest BCUT2D eigenvalue weighted by Crippen LogP contribution is 2.33. The fourth-order valence-electron chi connectivity index (χ4n) is 2.61. The number of carbonyl (C=O) groups excluding carboxylic acids is 1. The number of benzene rings is 2. The molecule has 0 unspecified atom stereocenters. The van der Waals surface area contributed by atoms with Gasteiger partial charge < -0.3 is 13.9 Å². The normalized spacial score (nSPS) is 11.0. The van der Waals surface area contributed by atoms with Crippen LogP contribution in [0, 0.1) is 5.92 Å². The SMILES string of the molecule is CC(C)COC(=O)CCCSc1nnc(-c2ccc(Cl)cc2OCc2ccccc2)o1. The predicted octanol–water partition coefficient (Wildman–Crippen LogP) is 6.04. The third-order valence-electron chi connectivity index (χ3n) is 4.15. The Morgan fingerprint density at radius 1 is 1.16 bits per heavy atom. The molecule has 0 radical (unpaired) electrons. The second-order valence-electron chi connectivity index (χ2n) is 7.32. The average molecular weight is 461 g/mol. The maximum Gasteiger partial charge on any atom is 0.305 e. The first-order valence-corrected chi connectivity index (χ1v) is 11.5. The van der Waals surface area contributed by atoms with Crippen LogP contribution in [0.25, 0.3) is 11.5 Å². The molecule has 0 spiro atoms. The highest BCUT2D eigenvalue weighted by molar-refractivity contribution is 7.99. The van der Waals surface area contributed by atoms with E-state index >= 15 is 0 Å². The van der Waals surface area contributed by atoms with Crippen LogP contribution in [0.15, 0.2) is 58.2 Å². The van der Waals surface area contributed by atoms with Crippen molar-refractivity contribution >= 4 is 29.3 Å². The molecule has 0 saturated carbocycles. The molecule has 0 amide bonds. The molecule has 0 aliphatic carbocycles. The van der Waals surface area contributed by atoms with Crippen molar-refractivity contribution in [2.45, 2.75) is 38.5 Å². The van der Waals surface area contributed by atoms with E-state index in [4.69, 9.17) is 25.5 Å². The highest BCUT2D eigenvalue weighted by atomic mass is 35.5. The number of ether oxygens (including phenoxy) is 2. The van der Waals surface area contributed by atoms with E-state index in [0.717, 1.165) is 5.56 Å². The molecule has 1 aromatic heterocycles. The number of nitrogens with zero attached hydrogens (tertiary/aromatic N) is 2. The van der Waals surface area contributed by atoms with Crippen molar-refractivity contribution in [3.05, 3.63) is 59.1 Å². The van der Waals surface area contributed by atoms with Crippen LogP contribution in [-0.2, 0) is 16.1 Å². The van der Waals surface area contributed by atoms with Crippen LogP contribution in [-0.4, -0.2) is 28.5 Å². The Kier molecular flexibility index (Phi) is 8.79. The van der Waals surface area contributed by atoms with Crippen molar-refractivity contribution in [2.75, 3.05) is 12.4 Å². The fourth-order valence-corrected chi connectivity index (χ4v) is 3.47. The van der Waals surface area contributed by atoms with Crippen molar-refractivity contribution < 1.29 is 18.7 Å². The van der Waals surface area contributed by atoms with Gasteiger partial charge in [-0.2, -0.15) is 0 Å². The van der Waals surface area contributed by atoms with Gasteiger partial charge in [-0.15, -0.1) is 10.2 Å². The molecule has 0 atom stereocenters. The number of aromatic nitrogens is 2. The van der Waals surface area contributed by atoms with E-state index in [1.807, 2.05) is 44.2 Å². The lowest BCUT2D eigenvalue weighted by Gasteiger charge is -2.10. The second-order valence-corrected chi connectivity index (χ2v) is 8.80. The second kappa shape index (κ2) is 11.8. The van der Waals surface area contributed by atoms with Gasteiger partial charge in [-0.3, -0.25) is 4.79 Å². The molecule has 3 rings (SSSR count). The first-order chi connectivity index (χ1) is 15.0. The maximum absolute atomic E-state index is 11.7. The molecule has 164 valence electrons. The van der Waals surface area contributed by atoms with Gasteiger partial charge >= 0.3 is 5.97 Å². The zero-order valence-corrected chi connectivity index (χ0v) is 19.1. The Balaban J connectivity index is 1.56. The summed E-state index contributed by atoms with van der Waals surface area (Å²) in [5.74, 6) is 1.77. The van der Waals surface area contributed by atoms with E-state index in [0.29, 0.717) is 65.2 Å². The summed E-state index contributed by atoms with van der Waals surface area (Å²) >= 11 is 7.56. The quantitative estimate of drug-likeness (QED) is 0.196. The van der Waals surface area contributed by atoms with E-state index in [2.05, 4.69) is 10.2 Å². The lowest BCUT2D eigenvalue weighted by Crippen LogP contribution is -2.09. The van der Waals surface area contributed by atoms with Gasteiger partial charge in [0.25, 0.3) is 11.1 Å². The fraction of sp³-hybridized carbons (Fsp3) is 0.348. The van der Waals surface area contributed by atoms with E-state index < -0.39 is 0 Å². The van der Waals surface area contributed by atoms with Crippen molar-refractivity contribution in [1.82, 2.24) is 10.2 Å². The summed E-state index contributed by atoms with van der Waals surface area (Å²) < 4.78 is 16.9. The smallest absolute Gasteiger partial charge is 0.305 e. The van der Waals surface area contributed by atoms with Crippen LogP contribution in [0.2, 0.25) is 5.02 Å². The highest BCUT2D eigenvalue weighted by Gasteiger charge is 2.15. The zero-order valence-electron chi connectivity index (χ0n) is 17.5. The number of rotatable bonds is 11. The van der Waals surface area contributed by atoms with Crippen molar-refractivity contribution in [1.29, 1.82) is 0 Å². The molecule has 0 aliphatic rings.